The number of carbonyl (C=O) groups is 4. The number of methoxy groups -OCH3 is 1. The molecule has 4 atom stereocenters. The zero-order chi connectivity index (χ0) is 23.4. The molecule has 168 valence electrons. The predicted molar refractivity (Wildman–Crippen MR) is 103 cm³/mol. The Balaban J connectivity index is 1.78. The topological polar surface area (TPSA) is 152 Å². The van der Waals surface area contributed by atoms with Gasteiger partial charge in [0.1, 0.15) is 11.4 Å². The number of nitro benzene ring substituents is 1. The van der Waals surface area contributed by atoms with Crippen molar-refractivity contribution in [1.82, 2.24) is 0 Å². The van der Waals surface area contributed by atoms with E-state index in [0.29, 0.717) is 0 Å². The van der Waals surface area contributed by atoms with Crippen LogP contribution in [0.2, 0.25) is 0 Å². The third-order valence-electron chi connectivity index (χ3n) is 5.61. The first-order valence-electron chi connectivity index (χ1n) is 9.52. The van der Waals surface area contributed by atoms with Gasteiger partial charge in [-0.25, -0.2) is 4.90 Å². The number of nitro groups is 1. The summed E-state index contributed by atoms with van der Waals surface area (Å²) in [6.45, 7) is 2.18. The van der Waals surface area contributed by atoms with E-state index in [-0.39, 0.29) is 11.4 Å². The summed E-state index contributed by atoms with van der Waals surface area (Å²) in [5, 5.41) is 11.6. The van der Waals surface area contributed by atoms with Crippen LogP contribution in [0.4, 0.5) is 11.4 Å². The van der Waals surface area contributed by atoms with Crippen LogP contribution < -0.4 is 9.64 Å². The van der Waals surface area contributed by atoms with Crippen LogP contribution in [0.25, 0.3) is 0 Å². The number of rotatable bonds is 6. The SMILES string of the molecule is COc1ccc(N2C(=O)[C@H]3[C@@H](C2=O)[C@@]2(C(OC(C)=O)OC(C)=O)C=C[C@H]3O2)c([N+](=O)[O-])c1. The Morgan fingerprint density at radius 3 is 2.41 bits per heavy atom. The molecule has 4 rings (SSSR count). The average molecular weight is 446 g/mol. The Morgan fingerprint density at radius 1 is 1.19 bits per heavy atom. The maximum Gasteiger partial charge on any atom is 0.305 e. The molecule has 2 bridgehead atoms. The van der Waals surface area contributed by atoms with E-state index in [2.05, 4.69) is 0 Å². The minimum Gasteiger partial charge on any atom is -0.496 e. The van der Waals surface area contributed by atoms with Crippen LogP contribution in [0, 0.1) is 22.0 Å². The highest BCUT2D eigenvalue weighted by Crippen LogP contribution is 2.55. The van der Waals surface area contributed by atoms with Crippen molar-refractivity contribution in [2.45, 2.75) is 31.8 Å². The molecular formula is C20H18N2O10. The lowest BCUT2D eigenvalue weighted by Crippen LogP contribution is -2.52. The summed E-state index contributed by atoms with van der Waals surface area (Å²) in [4.78, 5) is 61.6. The molecule has 1 aromatic carbocycles. The monoisotopic (exact) mass is 446 g/mol. The molecule has 0 unspecified atom stereocenters. The largest absolute Gasteiger partial charge is 0.496 e. The number of benzene rings is 1. The molecule has 0 saturated carbocycles. The molecule has 0 N–H and O–H groups in total. The summed E-state index contributed by atoms with van der Waals surface area (Å²) in [5.41, 5.74) is -2.47. The van der Waals surface area contributed by atoms with Crippen molar-refractivity contribution in [2.24, 2.45) is 11.8 Å². The van der Waals surface area contributed by atoms with Crippen molar-refractivity contribution in [3.05, 3.63) is 40.5 Å². The lowest BCUT2D eigenvalue weighted by atomic mass is 9.76. The first kappa shape index (κ1) is 21.4. The molecule has 2 saturated heterocycles. The molecule has 32 heavy (non-hydrogen) atoms. The average Bonchev–Trinajstić information content (AvgIpc) is 3.37. The van der Waals surface area contributed by atoms with Crippen molar-refractivity contribution >= 4 is 35.1 Å². The van der Waals surface area contributed by atoms with Gasteiger partial charge in [0.05, 0.1) is 36.0 Å². The second-order valence-electron chi connectivity index (χ2n) is 7.47. The number of hydrogen-bond donors (Lipinski definition) is 0. The maximum atomic E-state index is 13.5. The molecule has 12 nitrogen and oxygen atoms in total. The third-order valence-corrected chi connectivity index (χ3v) is 5.61. The Morgan fingerprint density at radius 2 is 1.84 bits per heavy atom. The van der Waals surface area contributed by atoms with Gasteiger partial charge >= 0.3 is 11.9 Å². The van der Waals surface area contributed by atoms with Crippen molar-refractivity contribution in [3.63, 3.8) is 0 Å². The van der Waals surface area contributed by atoms with Crippen LogP contribution in [0.5, 0.6) is 5.75 Å². The number of carbonyl (C=O) groups excluding carboxylic acids is 4. The van der Waals surface area contributed by atoms with E-state index in [4.69, 9.17) is 18.9 Å². The second kappa shape index (κ2) is 7.41. The molecule has 0 aromatic heterocycles. The van der Waals surface area contributed by atoms with Gasteiger partial charge in [0, 0.05) is 13.8 Å². The number of esters is 2. The first-order valence-corrected chi connectivity index (χ1v) is 9.52. The molecule has 2 fully saturated rings. The third kappa shape index (κ3) is 3.02. The van der Waals surface area contributed by atoms with E-state index >= 15 is 0 Å². The van der Waals surface area contributed by atoms with Crippen LogP contribution in [-0.2, 0) is 33.4 Å². The molecule has 3 aliphatic rings. The number of ether oxygens (including phenoxy) is 4. The summed E-state index contributed by atoms with van der Waals surface area (Å²) in [7, 11) is 1.32. The summed E-state index contributed by atoms with van der Waals surface area (Å²) < 4.78 is 21.1. The highest BCUT2D eigenvalue weighted by molar-refractivity contribution is 6.24. The van der Waals surface area contributed by atoms with Crippen molar-refractivity contribution < 1.29 is 43.0 Å². The minimum absolute atomic E-state index is 0.172. The lowest BCUT2D eigenvalue weighted by Gasteiger charge is -2.34. The van der Waals surface area contributed by atoms with Crippen molar-refractivity contribution in [2.75, 3.05) is 12.0 Å². The zero-order valence-electron chi connectivity index (χ0n) is 17.2. The van der Waals surface area contributed by atoms with Gasteiger partial charge < -0.3 is 18.9 Å². The van der Waals surface area contributed by atoms with E-state index in [1.54, 1.807) is 0 Å². The van der Waals surface area contributed by atoms with Gasteiger partial charge in [0.2, 0.25) is 11.8 Å². The Labute approximate surface area is 180 Å². The quantitative estimate of drug-likeness (QED) is 0.154. The fraction of sp³-hybridized carbons (Fsp3) is 0.400. The Hall–Kier alpha value is -3.80. The van der Waals surface area contributed by atoms with E-state index < -0.39 is 64.2 Å². The highest BCUT2D eigenvalue weighted by Gasteiger charge is 2.72. The van der Waals surface area contributed by atoms with Gasteiger partial charge in [-0.15, -0.1) is 0 Å². The van der Waals surface area contributed by atoms with Crippen molar-refractivity contribution in [1.29, 1.82) is 0 Å². The van der Waals surface area contributed by atoms with Gasteiger partial charge in [-0.1, -0.05) is 6.08 Å². The van der Waals surface area contributed by atoms with Crippen LogP contribution in [0.1, 0.15) is 13.8 Å². The zero-order valence-corrected chi connectivity index (χ0v) is 17.2. The van der Waals surface area contributed by atoms with Gasteiger partial charge in [-0.3, -0.25) is 29.3 Å². The standard InChI is InChI=1S/C20H18N2O10/c1-9(23)30-19(31-10(2)24)20-7-6-14(32-20)15-16(20)18(26)21(17(15)25)12-5-4-11(29-3)8-13(12)22(27)28/h4-8,14-16,19H,1-3H3/t14-,15-,16+,20-/m1/s1. The number of hydrogen-bond acceptors (Lipinski definition) is 10. The molecule has 0 radical (unpaired) electrons. The Kier molecular flexibility index (Phi) is 4.96. The Bertz CT molecular complexity index is 1070. The minimum atomic E-state index is -1.74. The van der Waals surface area contributed by atoms with E-state index in [1.165, 1.54) is 31.4 Å². The molecule has 0 aliphatic carbocycles. The molecule has 2 amide bonds. The van der Waals surface area contributed by atoms with Crippen LogP contribution in [-0.4, -0.2) is 53.8 Å². The molecule has 3 aliphatic heterocycles. The highest BCUT2D eigenvalue weighted by atomic mass is 16.7. The van der Waals surface area contributed by atoms with Gasteiger partial charge in [0.15, 0.2) is 5.60 Å². The summed E-state index contributed by atoms with van der Waals surface area (Å²) >= 11 is 0. The van der Waals surface area contributed by atoms with Crippen LogP contribution in [0.15, 0.2) is 30.4 Å². The maximum absolute atomic E-state index is 13.5. The molecule has 0 spiro atoms. The van der Waals surface area contributed by atoms with Crippen LogP contribution >= 0.6 is 0 Å². The van der Waals surface area contributed by atoms with Crippen molar-refractivity contribution in [3.8, 4) is 5.75 Å². The number of nitrogens with zero attached hydrogens (tertiary/aromatic N) is 2. The van der Waals surface area contributed by atoms with Gasteiger partial charge in [0.25, 0.3) is 12.0 Å². The van der Waals surface area contributed by atoms with Gasteiger partial charge in [-0.2, -0.15) is 0 Å². The number of anilines is 1. The fourth-order valence-electron chi connectivity index (χ4n) is 4.42. The number of amides is 2. The number of fused-ring (bicyclic) bond motifs is 5. The summed E-state index contributed by atoms with van der Waals surface area (Å²) in [6, 6.07) is 3.73. The van der Waals surface area contributed by atoms with E-state index in [1.807, 2.05) is 0 Å². The molecular weight excluding hydrogens is 428 g/mol. The predicted octanol–water partition coefficient (Wildman–Crippen LogP) is 0.869. The van der Waals surface area contributed by atoms with E-state index in [9.17, 15) is 29.3 Å². The first-order chi connectivity index (χ1) is 15.1. The smallest absolute Gasteiger partial charge is 0.305 e. The second-order valence-corrected chi connectivity index (χ2v) is 7.47. The molecule has 12 heteroatoms. The van der Waals surface area contributed by atoms with Gasteiger partial charge in [-0.05, 0) is 18.2 Å². The lowest BCUT2D eigenvalue weighted by molar-refractivity contribution is -0.384. The summed E-state index contributed by atoms with van der Waals surface area (Å²) in [6.07, 6.45) is 0.439. The number of imide groups is 1. The summed E-state index contributed by atoms with van der Waals surface area (Å²) in [5.74, 6) is -5.20. The normalized spacial score (nSPS) is 27.6. The molecule has 3 heterocycles. The fourth-order valence-corrected chi connectivity index (χ4v) is 4.42. The van der Waals surface area contributed by atoms with Crippen LogP contribution in [0.3, 0.4) is 0 Å². The van der Waals surface area contributed by atoms with E-state index in [0.717, 1.165) is 24.8 Å². The molecule has 1 aromatic rings.